The van der Waals surface area contributed by atoms with Gasteiger partial charge < -0.3 is 9.47 Å². The molecule has 0 aliphatic rings. The monoisotopic (exact) mass is 412 g/mol. The van der Waals surface area contributed by atoms with Gasteiger partial charge in [-0.25, -0.2) is 4.98 Å². The first kappa shape index (κ1) is 21.7. The summed E-state index contributed by atoms with van der Waals surface area (Å²) in [5.74, 6) is 0.466. The van der Waals surface area contributed by atoms with Crippen LogP contribution in [0.4, 0.5) is 0 Å². The van der Waals surface area contributed by atoms with E-state index >= 15 is 0 Å². The van der Waals surface area contributed by atoms with E-state index in [0.29, 0.717) is 66.0 Å². The minimum absolute atomic E-state index is 0.0824. The molecule has 8 heteroatoms. The SMILES string of the molecule is CCOCCCn1c(SCCCC(=O)OCC)nc2cc(Cl)ccc2c1=O. The summed E-state index contributed by atoms with van der Waals surface area (Å²) >= 11 is 7.52. The highest BCUT2D eigenvalue weighted by Gasteiger charge is 2.12. The van der Waals surface area contributed by atoms with Gasteiger partial charge in [0, 0.05) is 37.0 Å². The second-order valence-corrected chi connectivity index (χ2v) is 7.32. The Morgan fingerprint density at radius 3 is 2.81 bits per heavy atom. The van der Waals surface area contributed by atoms with Crippen LogP contribution >= 0.6 is 23.4 Å². The van der Waals surface area contributed by atoms with E-state index in [-0.39, 0.29) is 11.5 Å². The van der Waals surface area contributed by atoms with Gasteiger partial charge in [0.1, 0.15) is 0 Å². The van der Waals surface area contributed by atoms with Crippen LogP contribution in [0.25, 0.3) is 10.9 Å². The lowest BCUT2D eigenvalue weighted by atomic mass is 10.2. The number of rotatable bonds is 11. The number of nitrogens with zero attached hydrogens (tertiary/aromatic N) is 2. The number of ether oxygens (including phenoxy) is 2. The van der Waals surface area contributed by atoms with Gasteiger partial charge in [0.15, 0.2) is 5.16 Å². The summed E-state index contributed by atoms with van der Waals surface area (Å²) in [7, 11) is 0. The van der Waals surface area contributed by atoms with E-state index < -0.39 is 0 Å². The molecule has 0 aliphatic heterocycles. The molecule has 27 heavy (non-hydrogen) atoms. The van der Waals surface area contributed by atoms with Crippen LogP contribution in [0, 0.1) is 0 Å². The Hall–Kier alpha value is -1.57. The lowest BCUT2D eigenvalue weighted by molar-refractivity contribution is -0.143. The van der Waals surface area contributed by atoms with Crippen molar-refractivity contribution in [2.75, 3.05) is 25.6 Å². The molecule has 0 aliphatic carbocycles. The molecule has 0 fully saturated rings. The fraction of sp³-hybridized carbons (Fsp3) is 0.526. The molecule has 6 nitrogen and oxygen atoms in total. The number of carbonyl (C=O) groups is 1. The number of hydrogen-bond acceptors (Lipinski definition) is 6. The quantitative estimate of drug-likeness (QED) is 0.241. The number of benzene rings is 1. The van der Waals surface area contributed by atoms with Gasteiger partial charge in [-0.1, -0.05) is 23.4 Å². The van der Waals surface area contributed by atoms with Crippen molar-refractivity contribution in [1.82, 2.24) is 9.55 Å². The van der Waals surface area contributed by atoms with Crippen molar-refractivity contribution in [3.8, 4) is 0 Å². The molecular weight excluding hydrogens is 388 g/mol. The molecule has 2 aromatic rings. The maximum atomic E-state index is 12.9. The maximum absolute atomic E-state index is 12.9. The van der Waals surface area contributed by atoms with Crippen molar-refractivity contribution in [2.24, 2.45) is 0 Å². The number of halogens is 1. The minimum Gasteiger partial charge on any atom is -0.466 e. The van der Waals surface area contributed by atoms with E-state index in [9.17, 15) is 9.59 Å². The van der Waals surface area contributed by atoms with Gasteiger partial charge in [-0.15, -0.1) is 0 Å². The smallest absolute Gasteiger partial charge is 0.305 e. The van der Waals surface area contributed by atoms with E-state index in [0.717, 1.165) is 6.42 Å². The minimum atomic E-state index is -0.203. The van der Waals surface area contributed by atoms with Gasteiger partial charge in [-0.3, -0.25) is 14.2 Å². The first-order valence-corrected chi connectivity index (χ1v) is 10.5. The van der Waals surface area contributed by atoms with Crippen LogP contribution in [0.2, 0.25) is 5.02 Å². The Labute approximate surface area is 168 Å². The Kier molecular flexibility index (Phi) is 9.10. The fourth-order valence-electron chi connectivity index (χ4n) is 2.56. The molecule has 0 radical (unpaired) electrons. The van der Waals surface area contributed by atoms with E-state index in [1.165, 1.54) is 11.8 Å². The average molecular weight is 413 g/mol. The second-order valence-electron chi connectivity index (χ2n) is 5.82. The molecule has 0 N–H and O–H groups in total. The van der Waals surface area contributed by atoms with Gasteiger partial charge in [0.2, 0.25) is 0 Å². The first-order chi connectivity index (χ1) is 13.1. The number of hydrogen-bond donors (Lipinski definition) is 0. The maximum Gasteiger partial charge on any atom is 0.305 e. The van der Waals surface area contributed by atoms with Crippen LogP contribution in [0.5, 0.6) is 0 Å². The zero-order chi connectivity index (χ0) is 19.6. The Morgan fingerprint density at radius 2 is 2.07 bits per heavy atom. The van der Waals surface area contributed by atoms with Gasteiger partial charge in [-0.2, -0.15) is 0 Å². The molecule has 0 spiro atoms. The van der Waals surface area contributed by atoms with Crippen LogP contribution in [-0.2, 0) is 20.8 Å². The standard InChI is InChI=1S/C19H25ClN2O4S/c1-3-25-11-6-10-22-18(24)15-9-8-14(20)13-16(15)21-19(22)27-12-5-7-17(23)26-4-2/h8-9,13H,3-7,10-12H2,1-2H3. The Balaban J connectivity index is 2.17. The van der Waals surface area contributed by atoms with Crippen LogP contribution < -0.4 is 5.56 Å². The molecule has 148 valence electrons. The summed E-state index contributed by atoms with van der Waals surface area (Å²) in [4.78, 5) is 29.0. The highest BCUT2D eigenvalue weighted by Crippen LogP contribution is 2.21. The van der Waals surface area contributed by atoms with Crippen LogP contribution in [0.3, 0.4) is 0 Å². The molecule has 2 rings (SSSR count). The normalized spacial score (nSPS) is 11.1. The predicted molar refractivity (Wildman–Crippen MR) is 109 cm³/mol. The van der Waals surface area contributed by atoms with Crippen molar-refractivity contribution in [3.05, 3.63) is 33.6 Å². The Bertz CT molecular complexity index is 825. The molecule has 1 aromatic heterocycles. The third-order valence-corrected chi connectivity index (χ3v) is 5.12. The van der Waals surface area contributed by atoms with Gasteiger partial charge in [0.05, 0.1) is 17.5 Å². The predicted octanol–water partition coefficient (Wildman–Crippen LogP) is 3.91. The van der Waals surface area contributed by atoms with E-state index in [2.05, 4.69) is 4.98 Å². The highest BCUT2D eigenvalue weighted by atomic mass is 35.5. The van der Waals surface area contributed by atoms with E-state index in [1.807, 2.05) is 6.92 Å². The number of fused-ring (bicyclic) bond motifs is 1. The van der Waals surface area contributed by atoms with Crippen LogP contribution in [-0.4, -0.2) is 41.1 Å². The molecule has 0 saturated heterocycles. The van der Waals surface area contributed by atoms with Gasteiger partial charge >= 0.3 is 5.97 Å². The molecule has 0 atom stereocenters. The van der Waals surface area contributed by atoms with Gasteiger partial charge in [-0.05, 0) is 44.9 Å². The zero-order valence-corrected chi connectivity index (χ0v) is 17.3. The molecular formula is C19H25ClN2O4S. The second kappa shape index (κ2) is 11.3. The topological polar surface area (TPSA) is 70.4 Å². The molecule has 0 saturated carbocycles. The van der Waals surface area contributed by atoms with Crippen molar-refractivity contribution in [1.29, 1.82) is 0 Å². The number of carbonyl (C=O) groups excluding carboxylic acids is 1. The third-order valence-electron chi connectivity index (χ3n) is 3.82. The van der Waals surface area contributed by atoms with E-state index in [1.54, 1.807) is 29.7 Å². The lowest BCUT2D eigenvalue weighted by Crippen LogP contribution is -2.24. The summed E-state index contributed by atoms with van der Waals surface area (Å²) in [6.45, 7) is 5.90. The number of aromatic nitrogens is 2. The zero-order valence-electron chi connectivity index (χ0n) is 15.7. The third kappa shape index (κ3) is 6.52. The summed E-state index contributed by atoms with van der Waals surface area (Å²) in [5.41, 5.74) is 0.502. The molecule has 1 aromatic carbocycles. The molecule has 0 bridgehead atoms. The van der Waals surface area contributed by atoms with Crippen LogP contribution in [0.1, 0.15) is 33.1 Å². The summed E-state index contributed by atoms with van der Waals surface area (Å²) in [6, 6.07) is 5.11. The highest BCUT2D eigenvalue weighted by molar-refractivity contribution is 7.99. The first-order valence-electron chi connectivity index (χ1n) is 9.13. The summed E-state index contributed by atoms with van der Waals surface area (Å²) < 4.78 is 12.0. The van der Waals surface area contributed by atoms with E-state index in [4.69, 9.17) is 21.1 Å². The van der Waals surface area contributed by atoms with Crippen molar-refractivity contribution in [3.63, 3.8) is 0 Å². The van der Waals surface area contributed by atoms with Crippen molar-refractivity contribution in [2.45, 2.75) is 44.8 Å². The number of esters is 1. The van der Waals surface area contributed by atoms with Gasteiger partial charge in [0.25, 0.3) is 5.56 Å². The largest absolute Gasteiger partial charge is 0.466 e. The lowest BCUT2D eigenvalue weighted by Gasteiger charge is -2.13. The summed E-state index contributed by atoms with van der Waals surface area (Å²) in [6.07, 6.45) is 1.74. The summed E-state index contributed by atoms with van der Waals surface area (Å²) in [5, 5.41) is 1.73. The molecule has 0 unspecified atom stereocenters. The molecule has 1 heterocycles. The molecule has 0 amide bonds. The average Bonchev–Trinajstić information content (AvgIpc) is 2.64. The van der Waals surface area contributed by atoms with Crippen LogP contribution in [0.15, 0.2) is 28.2 Å². The Morgan fingerprint density at radius 1 is 1.26 bits per heavy atom. The van der Waals surface area contributed by atoms with Crippen molar-refractivity contribution >= 4 is 40.2 Å². The fourth-order valence-corrected chi connectivity index (χ4v) is 3.69. The number of thioether (sulfide) groups is 1. The van der Waals surface area contributed by atoms with Crippen molar-refractivity contribution < 1.29 is 14.3 Å².